The zero-order chi connectivity index (χ0) is 21.7. The first kappa shape index (κ1) is 22.5. The maximum absolute atomic E-state index is 12.2. The molecule has 156 valence electrons. The number of hydrogen-bond donors (Lipinski definition) is 2. The Morgan fingerprint density at radius 2 is 1.45 bits per heavy atom. The summed E-state index contributed by atoms with van der Waals surface area (Å²) in [4.78, 5) is 24.0. The van der Waals surface area contributed by atoms with E-state index in [-0.39, 0.29) is 29.3 Å². The minimum absolute atomic E-state index is 0.0501. The largest absolute Gasteiger partial charge is 0.489 e. The van der Waals surface area contributed by atoms with E-state index < -0.39 is 0 Å². The average molecular weight is 397 g/mol. The normalized spacial score (nSPS) is 11.7. The van der Waals surface area contributed by atoms with Gasteiger partial charge in [0, 0.05) is 11.1 Å². The van der Waals surface area contributed by atoms with Gasteiger partial charge in [-0.15, -0.1) is 0 Å². The Morgan fingerprint density at radius 1 is 0.862 bits per heavy atom. The van der Waals surface area contributed by atoms with Crippen molar-refractivity contribution >= 4 is 11.8 Å². The van der Waals surface area contributed by atoms with E-state index in [9.17, 15) is 9.59 Å². The Balaban J connectivity index is 1.85. The summed E-state index contributed by atoms with van der Waals surface area (Å²) in [5, 5.41) is 5.44. The van der Waals surface area contributed by atoms with Crippen molar-refractivity contribution in [3.05, 3.63) is 65.2 Å². The van der Waals surface area contributed by atoms with Crippen LogP contribution in [-0.2, 0) is 16.8 Å². The van der Waals surface area contributed by atoms with E-state index >= 15 is 0 Å². The van der Waals surface area contributed by atoms with Crippen molar-refractivity contribution in [2.75, 3.05) is 6.54 Å². The lowest BCUT2D eigenvalue weighted by Crippen LogP contribution is -2.45. The molecule has 5 heteroatoms. The second kappa shape index (κ2) is 9.12. The Hall–Kier alpha value is -2.82. The van der Waals surface area contributed by atoms with Gasteiger partial charge in [0.1, 0.15) is 12.4 Å². The molecule has 5 nitrogen and oxygen atoms in total. The number of ether oxygens (including phenoxy) is 1. The monoisotopic (exact) mass is 396 g/mol. The molecule has 2 N–H and O–H groups in total. The molecule has 0 unspecified atom stereocenters. The summed E-state index contributed by atoms with van der Waals surface area (Å²) in [6, 6.07) is 15.3. The molecule has 2 aromatic carbocycles. The van der Waals surface area contributed by atoms with Crippen LogP contribution in [0.4, 0.5) is 0 Å². The first-order valence-electron chi connectivity index (χ1n) is 9.85. The van der Waals surface area contributed by atoms with Crippen molar-refractivity contribution in [2.45, 2.75) is 59.1 Å². The molecule has 0 heterocycles. The van der Waals surface area contributed by atoms with Crippen LogP contribution in [0.2, 0.25) is 0 Å². The third kappa shape index (κ3) is 7.60. The topological polar surface area (TPSA) is 67.4 Å². The fourth-order valence-electron chi connectivity index (χ4n) is 2.70. The van der Waals surface area contributed by atoms with Gasteiger partial charge >= 0.3 is 0 Å². The lowest BCUT2D eigenvalue weighted by atomic mass is 9.87. The highest BCUT2D eigenvalue weighted by Gasteiger charge is 2.15. The minimum Gasteiger partial charge on any atom is -0.489 e. The predicted octanol–water partition coefficient (Wildman–Crippen LogP) is 4.21. The molecule has 0 saturated carbocycles. The third-order valence-corrected chi connectivity index (χ3v) is 4.27. The number of carbonyl (C=O) groups excluding carboxylic acids is 2. The van der Waals surface area contributed by atoms with Crippen LogP contribution in [0.1, 0.15) is 63.0 Å². The number of benzene rings is 2. The summed E-state index contributed by atoms with van der Waals surface area (Å²) in [6.07, 6.45) is 0. The molecule has 0 spiro atoms. The van der Waals surface area contributed by atoms with Crippen LogP contribution in [0.5, 0.6) is 5.75 Å². The van der Waals surface area contributed by atoms with Gasteiger partial charge in [0.15, 0.2) is 0 Å². The number of nitrogens with one attached hydrogen (secondary N) is 2. The summed E-state index contributed by atoms with van der Waals surface area (Å²) in [7, 11) is 0. The van der Waals surface area contributed by atoms with E-state index in [1.54, 1.807) is 12.1 Å². The summed E-state index contributed by atoms with van der Waals surface area (Å²) in [6.45, 7) is 12.6. The number of hydrogen-bond acceptors (Lipinski definition) is 3. The van der Waals surface area contributed by atoms with E-state index in [1.165, 1.54) is 5.56 Å². The van der Waals surface area contributed by atoms with Gasteiger partial charge in [-0.25, -0.2) is 0 Å². The van der Waals surface area contributed by atoms with Gasteiger partial charge in [-0.2, -0.15) is 0 Å². The summed E-state index contributed by atoms with van der Waals surface area (Å²) >= 11 is 0. The number of carbonyl (C=O) groups is 2. The van der Waals surface area contributed by atoms with E-state index in [1.807, 2.05) is 45.0 Å². The summed E-state index contributed by atoms with van der Waals surface area (Å²) in [5.74, 6) is 0.317. The second-order valence-electron chi connectivity index (χ2n) is 9.24. The van der Waals surface area contributed by atoms with Crippen molar-refractivity contribution in [3.8, 4) is 5.75 Å². The molecule has 2 aromatic rings. The average Bonchev–Trinajstić information content (AvgIpc) is 2.63. The van der Waals surface area contributed by atoms with Gasteiger partial charge in [-0.05, 0) is 61.6 Å². The van der Waals surface area contributed by atoms with Crippen LogP contribution in [-0.4, -0.2) is 23.9 Å². The Morgan fingerprint density at radius 3 is 1.97 bits per heavy atom. The highest BCUT2D eigenvalue weighted by molar-refractivity contribution is 5.96. The molecule has 0 aromatic heterocycles. The van der Waals surface area contributed by atoms with Gasteiger partial charge in [0.2, 0.25) is 5.91 Å². The maximum Gasteiger partial charge on any atom is 0.251 e. The molecular formula is C24H32N2O3. The molecular weight excluding hydrogens is 364 g/mol. The van der Waals surface area contributed by atoms with Crippen LogP contribution in [0.15, 0.2) is 48.5 Å². The highest BCUT2D eigenvalue weighted by Crippen LogP contribution is 2.24. The van der Waals surface area contributed by atoms with E-state index in [0.29, 0.717) is 12.2 Å². The molecule has 0 aliphatic heterocycles. The Bertz CT molecular complexity index is 826. The molecule has 0 radical (unpaired) electrons. The van der Waals surface area contributed by atoms with Crippen molar-refractivity contribution in [1.29, 1.82) is 0 Å². The van der Waals surface area contributed by atoms with Crippen LogP contribution in [0.25, 0.3) is 0 Å². The van der Waals surface area contributed by atoms with Crippen LogP contribution in [0.3, 0.4) is 0 Å². The number of rotatable bonds is 6. The quantitative estimate of drug-likeness (QED) is 0.769. The minimum atomic E-state index is -0.323. The van der Waals surface area contributed by atoms with Crippen LogP contribution < -0.4 is 15.4 Å². The SMILES string of the molecule is CC(C)(C)NC(=O)CNC(=O)c1ccc(COc2ccc(C(C)(C)C)cc2)cc1. The van der Waals surface area contributed by atoms with Crippen molar-refractivity contribution in [1.82, 2.24) is 10.6 Å². The molecule has 0 atom stereocenters. The van der Waals surface area contributed by atoms with Gasteiger partial charge in [-0.3, -0.25) is 9.59 Å². The standard InChI is InChI=1S/C24H32N2O3/c1-23(2,3)19-11-13-20(14-12-19)29-16-17-7-9-18(10-8-17)22(28)25-15-21(27)26-24(4,5)6/h7-14H,15-16H2,1-6H3,(H,25,28)(H,26,27). The molecule has 0 aliphatic rings. The lowest BCUT2D eigenvalue weighted by Gasteiger charge is -2.20. The molecule has 29 heavy (non-hydrogen) atoms. The molecule has 0 bridgehead atoms. The van der Waals surface area contributed by atoms with E-state index in [4.69, 9.17) is 4.74 Å². The van der Waals surface area contributed by atoms with Crippen molar-refractivity contribution < 1.29 is 14.3 Å². The van der Waals surface area contributed by atoms with Crippen molar-refractivity contribution in [3.63, 3.8) is 0 Å². The molecule has 2 amide bonds. The zero-order valence-corrected chi connectivity index (χ0v) is 18.3. The summed E-state index contributed by atoms with van der Waals surface area (Å²) in [5.41, 5.74) is 2.52. The van der Waals surface area contributed by atoms with Gasteiger partial charge in [-0.1, -0.05) is 45.0 Å². The molecule has 0 saturated heterocycles. The van der Waals surface area contributed by atoms with E-state index in [2.05, 4.69) is 43.5 Å². The fraction of sp³-hybridized carbons (Fsp3) is 0.417. The maximum atomic E-state index is 12.2. The molecule has 0 fully saturated rings. The van der Waals surface area contributed by atoms with Gasteiger partial charge < -0.3 is 15.4 Å². The van der Waals surface area contributed by atoms with E-state index in [0.717, 1.165) is 11.3 Å². The fourth-order valence-corrected chi connectivity index (χ4v) is 2.70. The number of amides is 2. The third-order valence-electron chi connectivity index (χ3n) is 4.27. The molecule has 0 aliphatic carbocycles. The highest BCUT2D eigenvalue weighted by atomic mass is 16.5. The van der Waals surface area contributed by atoms with Crippen molar-refractivity contribution in [2.24, 2.45) is 0 Å². The Kier molecular flexibility index (Phi) is 7.07. The van der Waals surface area contributed by atoms with Gasteiger partial charge in [0.25, 0.3) is 5.91 Å². The smallest absolute Gasteiger partial charge is 0.251 e. The molecule has 2 rings (SSSR count). The van der Waals surface area contributed by atoms with Crippen LogP contribution in [0, 0.1) is 0 Å². The summed E-state index contributed by atoms with van der Waals surface area (Å²) < 4.78 is 5.83. The first-order valence-corrected chi connectivity index (χ1v) is 9.85. The first-order chi connectivity index (χ1) is 13.4. The van der Waals surface area contributed by atoms with Crippen LogP contribution >= 0.6 is 0 Å². The lowest BCUT2D eigenvalue weighted by molar-refractivity contribution is -0.121. The second-order valence-corrected chi connectivity index (χ2v) is 9.24. The van der Waals surface area contributed by atoms with Gasteiger partial charge in [0.05, 0.1) is 6.54 Å². The Labute approximate surface area is 173 Å². The zero-order valence-electron chi connectivity index (χ0n) is 18.3. The predicted molar refractivity (Wildman–Crippen MR) is 116 cm³/mol.